The van der Waals surface area contributed by atoms with E-state index in [0.717, 1.165) is 5.56 Å². The molecule has 2 aromatic carbocycles. The summed E-state index contributed by atoms with van der Waals surface area (Å²) in [6, 6.07) is 19.6. The molecule has 0 radical (unpaired) electrons. The van der Waals surface area contributed by atoms with Gasteiger partial charge in [0, 0.05) is 5.56 Å². The van der Waals surface area contributed by atoms with Crippen molar-refractivity contribution in [3.8, 4) is 5.75 Å². The van der Waals surface area contributed by atoms with Crippen LogP contribution in [0.4, 0.5) is 0 Å². The summed E-state index contributed by atoms with van der Waals surface area (Å²) in [5.74, 6) is 0.0521. The molecular weight excluding hydrogens is 320 g/mol. The van der Waals surface area contributed by atoms with Gasteiger partial charge in [-0.05, 0) is 35.2 Å². The molecule has 0 unspecified atom stereocenters. The van der Waals surface area contributed by atoms with Gasteiger partial charge in [0.25, 0.3) is 0 Å². The fraction of sp³-hybridized carbons (Fsp3) is 0. The molecule has 1 aromatic heterocycles. The van der Waals surface area contributed by atoms with Gasteiger partial charge in [-0.15, -0.1) is 11.3 Å². The number of benzene rings is 2. The number of esters is 1. The van der Waals surface area contributed by atoms with Gasteiger partial charge in [-0.25, -0.2) is 4.79 Å². The predicted octanol–water partition coefficient (Wildman–Crippen LogP) is 4.86. The quantitative estimate of drug-likeness (QED) is 0.289. The van der Waals surface area contributed by atoms with Crippen LogP contribution in [-0.2, 0) is 0 Å². The Hall–Kier alpha value is -2.98. The number of ether oxygens (including phenoxy) is 1. The zero-order chi connectivity index (χ0) is 16.8. The molecule has 0 fully saturated rings. The van der Waals surface area contributed by atoms with E-state index in [1.807, 2.05) is 23.6 Å². The van der Waals surface area contributed by atoms with E-state index in [4.69, 9.17) is 4.74 Å². The van der Waals surface area contributed by atoms with Crippen molar-refractivity contribution >= 4 is 29.2 Å². The van der Waals surface area contributed by atoms with Crippen molar-refractivity contribution in [2.24, 2.45) is 0 Å². The van der Waals surface area contributed by atoms with Crippen molar-refractivity contribution in [1.29, 1.82) is 0 Å². The summed E-state index contributed by atoms with van der Waals surface area (Å²) in [6.45, 7) is 0. The first-order valence-electron chi connectivity index (χ1n) is 7.35. The van der Waals surface area contributed by atoms with E-state index in [9.17, 15) is 9.59 Å². The van der Waals surface area contributed by atoms with Gasteiger partial charge in [-0.2, -0.15) is 0 Å². The van der Waals surface area contributed by atoms with Crippen LogP contribution in [0.2, 0.25) is 0 Å². The van der Waals surface area contributed by atoms with Crippen molar-refractivity contribution in [2.45, 2.75) is 0 Å². The van der Waals surface area contributed by atoms with Gasteiger partial charge in [0.2, 0.25) is 0 Å². The first kappa shape index (κ1) is 15.9. The van der Waals surface area contributed by atoms with Gasteiger partial charge in [0.1, 0.15) is 10.6 Å². The molecule has 4 heteroatoms. The highest BCUT2D eigenvalue weighted by Crippen LogP contribution is 2.17. The molecule has 0 aliphatic heterocycles. The minimum absolute atomic E-state index is 0.0520. The van der Waals surface area contributed by atoms with E-state index < -0.39 is 0 Å². The smallest absolute Gasteiger partial charge is 0.353 e. The van der Waals surface area contributed by atoms with E-state index in [0.29, 0.717) is 16.2 Å². The van der Waals surface area contributed by atoms with Crippen LogP contribution in [0.1, 0.15) is 25.6 Å². The number of carbonyl (C=O) groups excluding carboxylic acids is 2. The number of hydrogen-bond acceptors (Lipinski definition) is 4. The maximum absolute atomic E-state index is 12.0. The van der Waals surface area contributed by atoms with Crippen LogP contribution >= 0.6 is 11.3 Å². The summed E-state index contributed by atoms with van der Waals surface area (Å²) >= 11 is 1.34. The van der Waals surface area contributed by atoms with Crippen molar-refractivity contribution in [3.63, 3.8) is 0 Å². The van der Waals surface area contributed by atoms with Gasteiger partial charge in [0.05, 0.1) is 0 Å². The predicted molar refractivity (Wildman–Crippen MR) is 95.5 cm³/mol. The van der Waals surface area contributed by atoms with E-state index >= 15 is 0 Å². The van der Waals surface area contributed by atoms with E-state index in [1.54, 1.807) is 54.6 Å². The molecule has 0 N–H and O–H groups in total. The van der Waals surface area contributed by atoms with E-state index in [2.05, 4.69) is 0 Å². The van der Waals surface area contributed by atoms with Crippen molar-refractivity contribution in [2.75, 3.05) is 0 Å². The molecule has 1 heterocycles. The average molecular weight is 334 g/mol. The summed E-state index contributed by atoms with van der Waals surface area (Å²) in [6.07, 6.45) is 3.27. The third kappa shape index (κ3) is 4.06. The Balaban J connectivity index is 1.63. The number of carbonyl (C=O) groups is 2. The van der Waals surface area contributed by atoms with E-state index in [1.165, 1.54) is 17.4 Å². The van der Waals surface area contributed by atoms with Crippen LogP contribution in [-0.4, -0.2) is 11.8 Å². The molecule has 3 rings (SSSR count). The minimum atomic E-state index is -0.368. The molecule has 0 atom stereocenters. The largest absolute Gasteiger partial charge is 0.422 e. The molecule has 3 aromatic rings. The molecule has 0 saturated heterocycles. The second-order valence-corrected chi connectivity index (χ2v) is 5.95. The van der Waals surface area contributed by atoms with Crippen molar-refractivity contribution in [3.05, 3.63) is 94.2 Å². The summed E-state index contributed by atoms with van der Waals surface area (Å²) in [5, 5.41) is 1.83. The third-order valence-corrected chi connectivity index (χ3v) is 4.15. The SMILES string of the molecule is O=C(C=Cc1ccc(OC(=O)c2cccs2)cc1)c1ccccc1. The number of thiophene rings is 1. The zero-order valence-corrected chi connectivity index (χ0v) is 13.5. The number of ketones is 1. The Morgan fingerprint density at radius 1 is 0.875 bits per heavy atom. The second-order valence-electron chi connectivity index (χ2n) is 5.00. The Kier molecular flexibility index (Phi) is 4.99. The molecule has 0 bridgehead atoms. The molecule has 0 amide bonds. The standard InChI is InChI=1S/C20H14O3S/c21-18(16-5-2-1-3-6-16)13-10-15-8-11-17(12-9-15)23-20(22)19-7-4-14-24-19/h1-14H. The molecule has 118 valence electrons. The topological polar surface area (TPSA) is 43.4 Å². The zero-order valence-electron chi connectivity index (χ0n) is 12.7. The second kappa shape index (κ2) is 7.53. The summed E-state index contributed by atoms with van der Waals surface area (Å²) in [7, 11) is 0. The molecule has 0 aliphatic rings. The molecule has 0 spiro atoms. The summed E-state index contributed by atoms with van der Waals surface area (Å²) in [5.41, 5.74) is 1.51. The highest BCUT2D eigenvalue weighted by Gasteiger charge is 2.08. The first-order chi connectivity index (χ1) is 11.7. The molecular formula is C20H14O3S. The van der Waals surface area contributed by atoms with Crippen LogP contribution in [0.15, 0.2) is 78.2 Å². The van der Waals surface area contributed by atoms with E-state index in [-0.39, 0.29) is 11.8 Å². The van der Waals surface area contributed by atoms with Gasteiger partial charge >= 0.3 is 5.97 Å². The van der Waals surface area contributed by atoms with Crippen LogP contribution < -0.4 is 4.74 Å². The van der Waals surface area contributed by atoms with Crippen LogP contribution in [0.5, 0.6) is 5.75 Å². The Bertz CT molecular complexity index is 848. The van der Waals surface area contributed by atoms with Gasteiger partial charge in [-0.3, -0.25) is 4.79 Å². The first-order valence-corrected chi connectivity index (χ1v) is 8.23. The Labute approximate surface area is 143 Å². The molecule has 3 nitrogen and oxygen atoms in total. The minimum Gasteiger partial charge on any atom is -0.422 e. The lowest BCUT2D eigenvalue weighted by Crippen LogP contribution is -2.05. The maximum atomic E-state index is 12.0. The number of rotatable bonds is 5. The molecule has 0 aliphatic carbocycles. The summed E-state index contributed by atoms with van der Waals surface area (Å²) in [4.78, 5) is 24.4. The van der Waals surface area contributed by atoms with Crippen LogP contribution in [0.25, 0.3) is 6.08 Å². The lowest BCUT2D eigenvalue weighted by molar-refractivity contribution is 0.0739. The van der Waals surface area contributed by atoms with Crippen molar-refractivity contribution < 1.29 is 14.3 Å². The number of allylic oxidation sites excluding steroid dienone is 1. The lowest BCUT2D eigenvalue weighted by atomic mass is 10.1. The van der Waals surface area contributed by atoms with Gasteiger partial charge < -0.3 is 4.74 Å². The van der Waals surface area contributed by atoms with Gasteiger partial charge in [-0.1, -0.05) is 54.6 Å². The fourth-order valence-corrected chi connectivity index (χ4v) is 2.67. The highest BCUT2D eigenvalue weighted by molar-refractivity contribution is 7.12. The highest BCUT2D eigenvalue weighted by atomic mass is 32.1. The molecule has 24 heavy (non-hydrogen) atoms. The molecule has 0 saturated carbocycles. The van der Waals surface area contributed by atoms with Crippen LogP contribution in [0.3, 0.4) is 0 Å². The Morgan fingerprint density at radius 2 is 1.62 bits per heavy atom. The van der Waals surface area contributed by atoms with Gasteiger partial charge in [0.15, 0.2) is 5.78 Å². The fourth-order valence-electron chi connectivity index (χ4n) is 2.07. The normalized spacial score (nSPS) is 10.7. The average Bonchev–Trinajstić information content (AvgIpc) is 3.16. The van der Waals surface area contributed by atoms with Crippen molar-refractivity contribution in [1.82, 2.24) is 0 Å². The number of hydrogen-bond donors (Lipinski definition) is 0. The third-order valence-electron chi connectivity index (χ3n) is 3.30. The Morgan fingerprint density at radius 3 is 2.29 bits per heavy atom. The monoisotopic (exact) mass is 334 g/mol. The summed E-state index contributed by atoms with van der Waals surface area (Å²) < 4.78 is 5.29. The lowest BCUT2D eigenvalue weighted by Gasteiger charge is -2.03. The maximum Gasteiger partial charge on any atom is 0.353 e. The van der Waals surface area contributed by atoms with Crippen LogP contribution in [0, 0.1) is 0 Å².